The van der Waals surface area contributed by atoms with Gasteiger partial charge in [0, 0.05) is 24.8 Å². The van der Waals surface area contributed by atoms with Crippen LogP contribution < -0.4 is 5.32 Å². The molecule has 0 unspecified atom stereocenters. The summed E-state index contributed by atoms with van der Waals surface area (Å²) in [6.45, 7) is 7.62. The van der Waals surface area contributed by atoms with Crippen molar-refractivity contribution < 1.29 is 0 Å². The second kappa shape index (κ2) is 6.49. The Morgan fingerprint density at radius 3 is 2.87 bits per heavy atom. The Hall–Kier alpha value is -0.990. The Morgan fingerprint density at radius 2 is 2.20 bits per heavy atom. The third-order valence-corrected chi connectivity index (χ3v) is 2.74. The molecule has 1 aromatic heterocycles. The van der Waals surface area contributed by atoms with Crippen molar-refractivity contribution in [1.82, 2.24) is 9.78 Å². The molecule has 3 heteroatoms. The molecule has 0 radical (unpaired) electrons. The summed E-state index contributed by atoms with van der Waals surface area (Å²) < 4.78 is 2.03. The number of unbranched alkanes of at least 4 members (excludes halogenated alkanes) is 2. The normalized spacial score (nSPS) is 12.7. The van der Waals surface area contributed by atoms with E-state index in [1.54, 1.807) is 0 Å². The van der Waals surface area contributed by atoms with Gasteiger partial charge in [0.15, 0.2) is 0 Å². The molecule has 0 aromatic carbocycles. The Labute approximate surface area is 92.9 Å². The van der Waals surface area contributed by atoms with Gasteiger partial charge >= 0.3 is 0 Å². The number of anilines is 1. The van der Waals surface area contributed by atoms with E-state index in [0.29, 0.717) is 6.04 Å². The fourth-order valence-corrected chi connectivity index (χ4v) is 1.46. The van der Waals surface area contributed by atoms with E-state index in [0.717, 1.165) is 18.8 Å². The van der Waals surface area contributed by atoms with Crippen molar-refractivity contribution >= 4 is 5.82 Å². The lowest BCUT2D eigenvalue weighted by atomic mass is 10.2. The number of hydrogen-bond acceptors (Lipinski definition) is 2. The standard InChI is InChI=1S/C12H23N3/c1-4-6-7-9-13-12-8-10-15(14-12)11(3)5-2/h8,10-11H,4-7,9H2,1-3H3,(H,13,14)/t11-/m1/s1. The van der Waals surface area contributed by atoms with Crippen molar-refractivity contribution in [3.8, 4) is 0 Å². The van der Waals surface area contributed by atoms with Crippen LogP contribution in [0.15, 0.2) is 12.3 Å². The topological polar surface area (TPSA) is 29.9 Å². The molecule has 0 spiro atoms. The molecule has 0 saturated heterocycles. The van der Waals surface area contributed by atoms with Gasteiger partial charge in [-0.15, -0.1) is 0 Å². The van der Waals surface area contributed by atoms with Crippen LogP contribution in [0.2, 0.25) is 0 Å². The molecule has 1 N–H and O–H groups in total. The number of aromatic nitrogens is 2. The van der Waals surface area contributed by atoms with Gasteiger partial charge in [-0.3, -0.25) is 4.68 Å². The highest BCUT2D eigenvalue weighted by Gasteiger charge is 2.03. The molecular weight excluding hydrogens is 186 g/mol. The van der Waals surface area contributed by atoms with Crippen molar-refractivity contribution in [3.63, 3.8) is 0 Å². The first-order valence-corrected chi connectivity index (χ1v) is 6.07. The van der Waals surface area contributed by atoms with E-state index in [1.165, 1.54) is 19.3 Å². The van der Waals surface area contributed by atoms with Crippen LogP contribution in [0.1, 0.15) is 52.5 Å². The summed E-state index contributed by atoms with van der Waals surface area (Å²) in [6, 6.07) is 2.55. The molecular formula is C12H23N3. The quantitative estimate of drug-likeness (QED) is 0.697. The van der Waals surface area contributed by atoms with E-state index < -0.39 is 0 Å². The smallest absolute Gasteiger partial charge is 0.147 e. The molecule has 0 bridgehead atoms. The van der Waals surface area contributed by atoms with Crippen LogP contribution in [0.5, 0.6) is 0 Å². The van der Waals surface area contributed by atoms with Gasteiger partial charge in [-0.2, -0.15) is 5.10 Å². The highest BCUT2D eigenvalue weighted by molar-refractivity contribution is 5.31. The summed E-state index contributed by atoms with van der Waals surface area (Å²) in [7, 11) is 0. The summed E-state index contributed by atoms with van der Waals surface area (Å²) >= 11 is 0. The zero-order chi connectivity index (χ0) is 11.1. The van der Waals surface area contributed by atoms with Crippen molar-refractivity contribution in [2.75, 3.05) is 11.9 Å². The molecule has 1 rings (SSSR count). The van der Waals surface area contributed by atoms with Gasteiger partial charge in [0.05, 0.1) is 0 Å². The van der Waals surface area contributed by atoms with E-state index in [-0.39, 0.29) is 0 Å². The Bertz CT molecular complexity index is 268. The van der Waals surface area contributed by atoms with Gasteiger partial charge < -0.3 is 5.32 Å². The summed E-state index contributed by atoms with van der Waals surface area (Å²) in [5, 5.41) is 7.83. The van der Waals surface area contributed by atoms with E-state index in [1.807, 2.05) is 4.68 Å². The molecule has 1 heterocycles. The summed E-state index contributed by atoms with van der Waals surface area (Å²) in [6.07, 6.45) is 6.96. The molecule has 0 fully saturated rings. The van der Waals surface area contributed by atoms with Gasteiger partial charge in [0.2, 0.25) is 0 Å². The Morgan fingerprint density at radius 1 is 1.40 bits per heavy atom. The maximum atomic E-state index is 4.48. The van der Waals surface area contributed by atoms with Crippen LogP contribution in [0.3, 0.4) is 0 Å². The lowest BCUT2D eigenvalue weighted by molar-refractivity contribution is 0.479. The predicted molar refractivity (Wildman–Crippen MR) is 65.2 cm³/mol. The average Bonchev–Trinajstić information content (AvgIpc) is 2.72. The highest BCUT2D eigenvalue weighted by atomic mass is 15.3. The third-order valence-electron chi connectivity index (χ3n) is 2.74. The SMILES string of the molecule is CCCCCNc1ccn([C@H](C)CC)n1. The number of rotatable bonds is 7. The van der Waals surface area contributed by atoms with E-state index in [2.05, 4.69) is 43.4 Å². The molecule has 0 saturated carbocycles. The van der Waals surface area contributed by atoms with Crippen LogP contribution in [0, 0.1) is 0 Å². The van der Waals surface area contributed by atoms with Crippen molar-refractivity contribution in [1.29, 1.82) is 0 Å². The van der Waals surface area contributed by atoms with E-state index in [4.69, 9.17) is 0 Å². The number of nitrogens with zero attached hydrogens (tertiary/aromatic N) is 2. The summed E-state index contributed by atoms with van der Waals surface area (Å²) in [5.74, 6) is 1.01. The maximum absolute atomic E-state index is 4.48. The zero-order valence-electron chi connectivity index (χ0n) is 10.2. The van der Waals surface area contributed by atoms with Crippen molar-refractivity contribution in [3.05, 3.63) is 12.3 Å². The minimum absolute atomic E-state index is 0.496. The molecule has 0 aliphatic carbocycles. The lowest BCUT2D eigenvalue weighted by Crippen LogP contribution is -2.06. The third kappa shape index (κ3) is 3.94. The van der Waals surface area contributed by atoms with Gasteiger partial charge in [-0.25, -0.2) is 0 Å². The Balaban J connectivity index is 2.33. The minimum Gasteiger partial charge on any atom is -0.369 e. The van der Waals surface area contributed by atoms with Crippen LogP contribution in [-0.2, 0) is 0 Å². The minimum atomic E-state index is 0.496. The molecule has 15 heavy (non-hydrogen) atoms. The van der Waals surface area contributed by atoms with Crippen LogP contribution in [0.25, 0.3) is 0 Å². The molecule has 1 aromatic rings. The molecule has 3 nitrogen and oxygen atoms in total. The number of hydrogen-bond donors (Lipinski definition) is 1. The molecule has 1 atom stereocenters. The maximum Gasteiger partial charge on any atom is 0.147 e. The van der Waals surface area contributed by atoms with Gasteiger partial charge in [0.25, 0.3) is 0 Å². The van der Waals surface area contributed by atoms with Crippen LogP contribution in [-0.4, -0.2) is 16.3 Å². The summed E-state index contributed by atoms with van der Waals surface area (Å²) in [5.41, 5.74) is 0. The van der Waals surface area contributed by atoms with Crippen LogP contribution in [0.4, 0.5) is 5.82 Å². The molecule has 0 aliphatic rings. The second-order valence-corrected chi connectivity index (χ2v) is 4.07. The largest absolute Gasteiger partial charge is 0.369 e. The molecule has 0 aliphatic heterocycles. The van der Waals surface area contributed by atoms with Crippen LogP contribution >= 0.6 is 0 Å². The van der Waals surface area contributed by atoms with E-state index in [9.17, 15) is 0 Å². The average molecular weight is 209 g/mol. The first-order valence-electron chi connectivity index (χ1n) is 6.07. The van der Waals surface area contributed by atoms with Gasteiger partial charge in [-0.05, 0) is 19.8 Å². The monoisotopic (exact) mass is 209 g/mol. The summed E-state index contributed by atoms with van der Waals surface area (Å²) in [4.78, 5) is 0. The Kier molecular flexibility index (Phi) is 5.22. The highest BCUT2D eigenvalue weighted by Crippen LogP contribution is 2.11. The second-order valence-electron chi connectivity index (χ2n) is 4.07. The van der Waals surface area contributed by atoms with E-state index >= 15 is 0 Å². The number of nitrogens with one attached hydrogen (secondary N) is 1. The molecule has 0 amide bonds. The fourth-order valence-electron chi connectivity index (χ4n) is 1.46. The first-order chi connectivity index (χ1) is 7.27. The fraction of sp³-hybridized carbons (Fsp3) is 0.750. The first kappa shape index (κ1) is 12.1. The zero-order valence-corrected chi connectivity index (χ0v) is 10.2. The lowest BCUT2D eigenvalue weighted by Gasteiger charge is -2.08. The van der Waals surface area contributed by atoms with Crippen molar-refractivity contribution in [2.24, 2.45) is 0 Å². The van der Waals surface area contributed by atoms with Crippen molar-refractivity contribution in [2.45, 2.75) is 52.5 Å². The van der Waals surface area contributed by atoms with Gasteiger partial charge in [-0.1, -0.05) is 26.7 Å². The van der Waals surface area contributed by atoms with Gasteiger partial charge in [0.1, 0.15) is 5.82 Å². The predicted octanol–water partition coefficient (Wildman–Crippen LogP) is 3.46. The molecule has 86 valence electrons.